The second-order valence-electron chi connectivity index (χ2n) is 7.54. The molecule has 5 heteroatoms. The Morgan fingerprint density at radius 3 is 2.81 bits per heavy atom. The Labute approximate surface area is 152 Å². The number of alkyl halides is 1. The van der Waals surface area contributed by atoms with E-state index >= 15 is 0 Å². The van der Waals surface area contributed by atoms with E-state index in [1.807, 2.05) is 37.3 Å². The minimum atomic E-state index is -1.08. The van der Waals surface area contributed by atoms with Crippen LogP contribution in [0.2, 0.25) is 0 Å². The number of ether oxygens (including phenoxy) is 2. The van der Waals surface area contributed by atoms with Gasteiger partial charge in [0.15, 0.2) is 0 Å². The number of hydrogen-bond acceptors (Lipinski definition) is 4. The first-order valence-electron chi connectivity index (χ1n) is 9.33. The Bertz CT molecular complexity index is 729. The maximum Gasteiger partial charge on any atom is 0.313 e. The molecule has 4 rings (SSSR count). The Kier molecular flexibility index (Phi) is 4.55. The first-order chi connectivity index (χ1) is 12.6. The number of esters is 2. The van der Waals surface area contributed by atoms with E-state index < -0.39 is 18.0 Å². The normalized spacial score (nSPS) is 35.8. The van der Waals surface area contributed by atoms with Crippen LogP contribution in [-0.4, -0.2) is 24.2 Å². The highest BCUT2D eigenvalue weighted by molar-refractivity contribution is 5.82. The number of carbonyl (C=O) groups excluding carboxylic acids is 2. The SMILES string of the molecule is C[C@H]1OC(=O)[C@@H]2C=C3[C@@H](CCC[C@@H]3F)[C@H](C(=O)OCc3ccccc3)[C@H]12. The summed E-state index contributed by atoms with van der Waals surface area (Å²) in [6, 6.07) is 9.47. The van der Waals surface area contributed by atoms with Gasteiger partial charge in [-0.3, -0.25) is 9.59 Å². The van der Waals surface area contributed by atoms with Gasteiger partial charge in [0, 0.05) is 5.92 Å². The van der Waals surface area contributed by atoms with E-state index in [9.17, 15) is 14.0 Å². The third-order valence-corrected chi connectivity index (χ3v) is 6.01. The van der Waals surface area contributed by atoms with Crippen molar-refractivity contribution in [2.45, 2.75) is 45.1 Å². The molecule has 26 heavy (non-hydrogen) atoms. The quantitative estimate of drug-likeness (QED) is 0.612. The van der Waals surface area contributed by atoms with Crippen molar-refractivity contribution in [2.24, 2.45) is 23.7 Å². The molecule has 3 aliphatic rings. The van der Waals surface area contributed by atoms with Crippen LogP contribution in [0.15, 0.2) is 42.0 Å². The van der Waals surface area contributed by atoms with Gasteiger partial charge in [0.2, 0.25) is 0 Å². The lowest BCUT2D eigenvalue weighted by molar-refractivity contribution is -0.156. The van der Waals surface area contributed by atoms with E-state index in [1.165, 1.54) is 0 Å². The van der Waals surface area contributed by atoms with Crippen molar-refractivity contribution in [3.8, 4) is 0 Å². The monoisotopic (exact) mass is 358 g/mol. The van der Waals surface area contributed by atoms with Crippen LogP contribution >= 0.6 is 0 Å². The summed E-state index contributed by atoms with van der Waals surface area (Å²) in [5.74, 6) is -2.23. The number of fused-ring (bicyclic) bond motifs is 2. The van der Waals surface area contributed by atoms with Gasteiger partial charge in [-0.1, -0.05) is 36.4 Å². The summed E-state index contributed by atoms with van der Waals surface area (Å²) in [7, 11) is 0. The van der Waals surface area contributed by atoms with Crippen molar-refractivity contribution in [1.82, 2.24) is 0 Å². The van der Waals surface area contributed by atoms with Crippen LogP contribution < -0.4 is 0 Å². The molecule has 6 atom stereocenters. The minimum absolute atomic E-state index is 0.182. The van der Waals surface area contributed by atoms with Crippen molar-refractivity contribution in [3.05, 3.63) is 47.5 Å². The molecule has 1 heterocycles. The summed E-state index contributed by atoms with van der Waals surface area (Å²) in [5, 5.41) is 0. The van der Waals surface area contributed by atoms with Crippen molar-refractivity contribution < 1.29 is 23.5 Å². The second kappa shape index (κ2) is 6.86. The molecule has 0 unspecified atom stereocenters. The van der Waals surface area contributed by atoms with Crippen LogP contribution in [0.1, 0.15) is 31.7 Å². The van der Waals surface area contributed by atoms with Crippen LogP contribution in [0.3, 0.4) is 0 Å². The fraction of sp³-hybridized carbons (Fsp3) is 0.524. The topological polar surface area (TPSA) is 52.6 Å². The Balaban J connectivity index is 1.60. The molecule has 0 spiro atoms. The number of allylic oxidation sites excluding steroid dienone is 1. The lowest BCUT2D eigenvalue weighted by Gasteiger charge is -2.41. The van der Waals surface area contributed by atoms with Crippen molar-refractivity contribution in [1.29, 1.82) is 0 Å². The average molecular weight is 358 g/mol. The Morgan fingerprint density at radius 2 is 2.04 bits per heavy atom. The minimum Gasteiger partial charge on any atom is -0.462 e. The molecule has 1 aromatic rings. The summed E-state index contributed by atoms with van der Waals surface area (Å²) in [4.78, 5) is 25.2. The molecule has 1 aromatic carbocycles. The fourth-order valence-electron chi connectivity index (χ4n) is 4.80. The van der Waals surface area contributed by atoms with E-state index in [0.29, 0.717) is 12.0 Å². The maximum atomic E-state index is 14.5. The van der Waals surface area contributed by atoms with Crippen LogP contribution in [0.25, 0.3) is 0 Å². The number of halogens is 1. The third kappa shape index (κ3) is 2.93. The van der Waals surface area contributed by atoms with E-state index in [4.69, 9.17) is 9.47 Å². The lowest BCUT2D eigenvalue weighted by atomic mass is 9.62. The smallest absolute Gasteiger partial charge is 0.313 e. The molecule has 1 saturated heterocycles. The number of cyclic esters (lactones) is 1. The zero-order valence-corrected chi connectivity index (χ0v) is 14.8. The second-order valence-corrected chi connectivity index (χ2v) is 7.54. The molecule has 4 nitrogen and oxygen atoms in total. The summed E-state index contributed by atoms with van der Waals surface area (Å²) < 4.78 is 25.5. The van der Waals surface area contributed by atoms with Crippen LogP contribution in [0.4, 0.5) is 4.39 Å². The van der Waals surface area contributed by atoms with Gasteiger partial charge in [-0.25, -0.2) is 4.39 Å². The zero-order chi connectivity index (χ0) is 18.3. The molecule has 0 aromatic heterocycles. The fourth-order valence-corrected chi connectivity index (χ4v) is 4.80. The molecular weight excluding hydrogens is 335 g/mol. The third-order valence-electron chi connectivity index (χ3n) is 6.01. The van der Waals surface area contributed by atoms with Crippen LogP contribution in [0.5, 0.6) is 0 Å². The van der Waals surface area contributed by atoms with Crippen molar-refractivity contribution in [2.75, 3.05) is 0 Å². The van der Waals surface area contributed by atoms with Crippen LogP contribution in [0, 0.1) is 23.7 Å². The van der Waals surface area contributed by atoms with Crippen molar-refractivity contribution >= 4 is 11.9 Å². The van der Waals surface area contributed by atoms with Crippen molar-refractivity contribution in [3.63, 3.8) is 0 Å². The molecule has 0 amide bonds. The highest BCUT2D eigenvalue weighted by Crippen LogP contribution is 2.50. The largest absolute Gasteiger partial charge is 0.462 e. The van der Waals surface area contributed by atoms with E-state index in [1.54, 1.807) is 6.08 Å². The first-order valence-corrected chi connectivity index (χ1v) is 9.33. The molecule has 138 valence electrons. The van der Waals surface area contributed by atoms with Gasteiger partial charge in [0.1, 0.15) is 18.9 Å². The molecule has 2 fully saturated rings. The maximum absolute atomic E-state index is 14.5. The van der Waals surface area contributed by atoms with Gasteiger partial charge in [-0.15, -0.1) is 0 Å². The molecular formula is C21H23FO4. The number of benzene rings is 1. The predicted octanol–water partition coefficient (Wildman–Crippen LogP) is 3.60. The van der Waals surface area contributed by atoms with E-state index in [2.05, 4.69) is 0 Å². The summed E-state index contributed by atoms with van der Waals surface area (Å²) in [5.41, 5.74) is 1.51. The number of rotatable bonds is 3. The van der Waals surface area contributed by atoms with Gasteiger partial charge in [0.05, 0.1) is 11.8 Å². The molecule has 1 saturated carbocycles. The van der Waals surface area contributed by atoms with Gasteiger partial charge in [0.25, 0.3) is 0 Å². The Hall–Kier alpha value is -2.17. The molecule has 0 bridgehead atoms. The summed E-state index contributed by atoms with van der Waals surface area (Å²) in [6.45, 7) is 2.00. The van der Waals surface area contributed by atoms with Gasteiger partial charge in [-0.05, 0) is 43.2 Å². The zero-order valence-electron chi connectivity index (χ0n) is 14.8. The lowest BCUT2D eigenvalue weighted by Crippen LogP contribution is -2.45. The average Bonchev–Trinajstić information content (AvgIpc) is 2.93. The van der Waals surface area contributed by atoms with Gasteiger partial charge < -0.3 is 9.47 Å². The van der Waals surface area contributed by atoms with Crippen LogP contribution in [-0.2, 0) is 25.7 Å². The highest BCUT2D eigenvalue weighted by atomic mass is 19.1. The molecule has 2 aliphatic carbocycles. The first kappa shape index (κ1) is 17.3. The standard InChI is InChI=1S/C21H23FO4/c1-12-18-16(20(23)26-12)10-15-14(8-5-9-17(15)22)19(18)21(24)25-11-13-6-3-2-4-7-13/h2-4,6-7,10,12,14,16-19H,5,8-9,11H2,1H3/t12-,14-,16-,17+,18-,19+/m1/s1. The van der Waals surface area contributed by atoms with E-state index in [0.717, 1.165) is 18.4 Å². The summed E-state index contributed by atoms with van der Waals surface area (Å²) >= 11 is 0. The summed E-state index contributed by atoms with van der Waals surface area (Å²) in [6.07, 6.45) is 2.25. The molecule has 1 aliphatic heterocycles. The molecule has 0 N–H and O–H groups in total. The van der Waals surface area contributed by atoms with Gasteiger partial charge >= 0.3 is 11.9 Å². The number of hydrogen-bond donors (Lipinski definition) is 0. The highest BCUT2D eigenvalue weighted by Gasteiger charge is 2.55. The van der Waals surface area contributed by atoms with E-state index in [-0.39, 0.29) is 36.5 Å². The number of carbonyl (C=O) groups is 2. The Morgan fingerprint density at radius 1 is 1.27 bits per heavy atom. The molecule has 0 radical (unpaired) electrons. The predicted molar refractivity (Wildman–Crippen MR) is 92.6 cm³/mol. The van der Waals surface area contributed by atoms with Gasteiger partial charge in [-0.2, -0.15) is 0 Å².